The van der Waals surface area contributed by atoms with Crippen LogP contribution in [0.2, 0.25) is 0 Å². The van der Waals surface area contributed by atoms with Crippen LogP contribution in [0.1, 0.15) is 17.5 Å². The van der Waals surface area contributed by atoms with Crippen LogP contribution in [0.3, 0.4) is 0 Å². The Morgan fingerprint density at radius 3 is 2.41 bits per heavy atom. The summed E-state index contributed by atoms with van der Waals surface area (Å²) in [7, 11) is -4.00. The Hall–Kier alpha value is -2.39. The van der Waals surface area contributed by atoms with Crippen LogP contribution in [0.15, 0.2) is 36.4 Å². The minimum atomic E-state index is -4.00. The molecule has 0 aliphatic carbocycles. The fourth-order valence-electron chi connectivity index (χ4n) is 3.01. The van der Waals surface area contributed by atoms with Gasteiger partial charge in [-0.25, -0.2) is 26.3 Å². The summed E-state index contributed by atoms with van der Waals surface area (Å²) in [5.74, 6) is -3.27. The van der Waals surface area contributed by atoms with Gasteiger partial charge in [0.15, 0.2) is 0 Å². The lowest BCUT2D eigenvalue weighted by Gasteiger charge is -2.18. The van der Waals surface area contributed by atoms with E-state index in [-0.39, 0.29) is 18.5 Å². The van der Waals surface area contributed by atoms with Gasteiger partial charge in [0.1, 0.15) is 23.5 Å². The van der Waals surface area contributed by atoms with Gasteiger partial charge in [-0.3, -0.25) is 4.79 Å². The molecule has 2 aromatic rings. The lowest BCUT2D eigenvalue weighted by atomic mass is 10.2. The van der Waals surface area contributed by atoms with Gasteiger partial charge in [0.05, 0.1) is 5.75 Å². The number of rotatable bonds is 5. The van der Waals surface area contributed by atoms with Crippen molar-refractivity contribution in [3.8, 4) is 0 Å². The SMILES string of the molecule is Cc1cc(N2CCC(NS(=O)(=O)Cc3cc(F)cc(F)c3)C2=O)ccc1F. The summed E-state index contributed by atoms with van der Waals surface area (Å²) >= 11 is 0. The Morgan fingerprint density at radius 2 is 1.78 bits per heavy atom. The number of anilines is 1. The van der Waals surface area contributed by atoms with E-state index in [1.165, 1.54) is 23.1 Å². The topological polar surface area (TPSA) is 66.5 Å². The lowest BCUT2D eigenvalue weighted by molar-refractivity contribution is -0.118. The molecule has 1 aliphatic heterocycles. The van der Waals surface area contributed by atoms with Gasteiger partial charge in [-0.1, -0.05) is 0 Å². The molecule has 144 valence electrons. The van der Waals surface area contributed by atoms with Gasteiger partial charge in [-0.2, -0.15) is 0 Å². The summed E-state index contributed by atoms with van der Waals surface area (Å²) in [5, 5.41) is 0. The average Bonchev–Trinajstić information content (AvgIpc) is 2.89. The highest BCUT2D eigenvalue weighted by molar-refractivity contribution is 7.88. The zero-order chi connectivity index (χ0) is 19.8. The molecule has 1 unspecified atom stereocenters. The van der Waals surface area contributed by atoms with E-state index in [2.05, 4.69) is 4.72 Å². The van der Waals surface area contributed by atoms with Crippen LogP contribution in [0.4, 0.5) is 18.9 Å². The number of carbonyl (C=O) groups is 1. The summed E-state index contributed by atoms with van der Waals surface area (Å²) in [6.07, 6.45) is 0.228. The zero-order valence-corrected chi connectivity index (χ0v) is 15.2. The second-order valence-corrected chi connectivity index (χ2v) is 8.17. The summed E-state index contributed by atoms with van der Waals surface area (Å²) in [4.78, 5) is 13.9. The summed E-state index contributed by atoms with van der Waals surface area (Å²) in [5.41, 5.74) is 0.793. The smallest absolute Gasteiger partial charge is 0.245 e. The molecule has 9 heteroatoms. The molecular formula is C18H17F3N2O3S. The minimum absolute atomic E-state index is 0.0588. The van der Waals surface area contributed by atoms with Crippen LogP contribution in [0.25, 0.3) is 0 Å². The molecule has 0 radical (unpaired) electrons. The predicted octanol–water partition coefficient (Wildman–Crippen LogP) is 2.64. The number of nitrogens with one attached hydrogen (secondary N) is 1. The highest BCUT2D eigenvalue weighted by Crippen LogP contribution is 2.24. The molecule has 1 aliphatic rings. The Morgan fingerprint density at radius 1 is 1.11 bits per heavy atom. The molecule has 1 amide bonds. The van der Waals surface area contributed by atoms with Crippen LogP contribution in [0.5, 0.6) is 0 Å². The van der Waals surface area contributed by atoms with E-state index in [1.54, 1.807) is 6.92 Å². The molecule has 1 N–H and O–H groups in total. The van der Waals surface area contributed by atoms with Crippen molar-refractivity contribution in [1.82, 2.24) is 4.72 Å². The number of carbonyl (C=O) groups excluding carboxylic acids is 1. The molecular weight excluding hydrogens is 381 g/mol. The molecule has 0 bridgehead atoms. The maximum Gasteiger partial charge on any atom is 0.245 e. The van der Waals surface area contributed by atoms with Crippen molar-refractivity contribution in [3.63, 3.8) is 0 Å². The number of benzene rings is 2. The van der Waals surface area contributed by atoms with Gasteiger partial charge < -0.3 is 4.90 Å². The molecule has 1 saturated heterocycles. The highest BCUT2D eigenvalue weighted by Gasteiger charge is 2.35. The second-order valence-electron chi connectivity index (χ2n) is 6.42. The third-order valence-electron chi connectivity index (χ3n) is 4.26. The van der Waals surface area contributed by atoms with Gasteiger partial charge in [0.2, 0.25) is 15.9 Å². The summed E-state index contributed by atoms with van der Waals surface area (Å²) < 4.78 is 66.7. The molecule has 1 atom stereocenters. The monoisotopic (exact) mass is 398 g/mol. The Bertz CT molecular complexity index is 975. The molecule has 0 spiro atoms. The fourth-order valence-corrected chi connectivity index (χ4v) is 4.36. The minimum Gasteiger partial charge on any atom is -0.311 e. The number of sulfonamides is 1. The Kier molecular flexibility index (Phi) is 5.25. The second kappa shape index (κ2) is 7.32. The van der Waals surface area contributed by atoms with E-state index in [9.17, 15) is 26.4 Å². The normalized spacial score (nSPS) is 17.6. The van der Waals surface area contributed by atoms with Crippen molar-refractivity contribution in [3.05, 3.63) is 65.0 Å². The van der Waals surface area contributed by atoms with Gasteiger partial charge in [-0.05, 0) is 54.8 Å². The first kappa shape index (κ1) is 19.4. The molecule has 27 heavy (non-hydrogen) atoms. The van der Waals surface area contributed by atoms with Crippen LogP contribution >= 0.6 is 0 Å². The summed E-state index contributed by atoms with van der Waals surface area (Å²) in [6, 6.07) is 5.71. The number of hydrogen-bond acceptors (Lipinski definition) is 3. The molecule has 1 heterocycles. The van der Waals surface area contributed by atoms with Gasteiger partial charge >= 0.3 is 0 Å². The highest BCUT2D eigenvalue weighted by atomic mass is 32.2. The maximum atomic E-state index is 13.4. The van der Waals surface area contributed by atoms with Gasteiger partial charge in [0.25, 0.3) is 0 Å². The van der Waals surface area contributed by atoms with Crippen molar-refractivity contribution < 1.29 is 26.4 Å². The standard InChI is InChI=1S/C18H17F3N2O3S/c1-11-6-15(2-3-16(11)21)23-5-4-17(18(23)24)22-27(25,26)10-12-7-13(19)9-14(20)8-12/h2-3,6-9,17,22H,4-5,10H2,1H3. The van der Waals surface area contributed by atoms with Crippen molar-refractivity contribution in [2.75, 3.05) is 11.4 Å². The van der Waals surface area contributed by atoms with Crippen molar-refractivity contribution >= 4 is 21.6 Å². The van der Waals surface area contributed by atoms with Gasteiger partial charge in [0, 0.05) is 18.3 Å². The molecule has 0 saturated carbocycles. The number of nitrogens with zero attached hydrogens (tertiary/aromatic N) is 1. The largest absolute Gasteiger partial charge is 0.311 e. The van der Waals surface area contributed by atoms with E-state index >= 15 is 0 Å². The first-order valence-electron chi connectivity index (χ1n) is 8.17. The number of amides is 1. The first-order chi connectivity index (χ1) is 12.6. The van der Waals surface area contributed by atoms with E-state index in [0.717, 1.165) is 12.1 Å². The third kappa shape index (κ3) is 4.48. The van der Waals surface area contributed by atoms with Crippen LogP contribution in [0, 0.1) is 24.4 Å². The predicted molar refractivity (Wildman–Crippen MR) is 94.0 cm³/mol. The number of aryl methyl sites for hydroxylation is 1. The molecule has 1 fully saturated rings. The van der Waals surface area contributed by atoms with Crippen LogP contribution in [-0.4, -0.2) is 26.9 Å². The quantitative estimate of drug-likeness (QED) is 0.842. The average molecular weight is 398 g/mol. The van der Waals surface area contributed by atoms with E-state index in [4.69, 9.17) is 0 Å². The Balaban J connectivity index is 1.72. The van der Waals surface area contributed by atoms with Crippen LogP contribution in [-0.2, 0) is 20.6 Å². The molecule has 3 rings (SSSR count). The van der Waals surface area contributed by atoms with E-state index < -0.39 is 45.2 Å². The van der Waals surface area contributed by atoms with E-state index in [1.807, 2.05) is 0 Å². The third-order valence-corrected chi connectivity index (χ3v) is 5.62. The van der Waals surface area contributed by atoms with Crippen molar-refractivity contribution in [1.29, 1.82) is 0 Å². The maximum absolute atomic E-state index is 13.4. The molecule has 0 aromatic heterocycles. The van der Waals surface area contributed by atoms with Crippen molar-refractivity contribution in [2.24, 2.45) is 0 Å². The van der Waals surface area contributed by atoms with Gasteiger partial charge in [-0.15, -0.1) is 0 Å². The molecule has 5 nitrogen and oxygen atoms in total. The lowest BCUT2D eigenvalue weighted by Crippen LogP contribution is -2.42. The number of halogens is 3. The van der Waals surface area contributed by atoms with Crippen molar-refractivity contribution in [2.45, 2.75) is 25.1 Å². The first-order valence-corrected chi connectivity index (χ1v) is 9.82. The zero-order valence-electron chi connectivity index (χ0n) is 14.4. The molecule has 2 aromatic carbocycles. The summed E-state index contributed by atoms with van der Waals surface area (Å²) in [6.45, 7) is 1.84. The number of hydrogen-bond donors (Lipinski definition) is 1. The fraction of sp³-hybridized carbons (Fsp3) is 0.278. The van der Waals surface area contributed by atoms with Crippen LogP contribution < -0.4 is 9.62 Å². The Labute approximate surface area is 154 Å². The van der Waals surface area contributed by atoms with E-state index in [0.29, 0.717) is 17.3 Å².